The van der Waals surface area contributed by atoms with Crippen LogP contribution in [0.1, 0.15) is 17.0 Å². The molecular weight excluding hydrogens is 246 g/mol. The van der Waals surface area contributed by atoms with Gasteiger partial charge in [0.05, 0.1) is 20.8 Å². The first-order chi connectivity index (χ1) is 9.12. The van der Waals surface area contributed by atoms with Crippen molar-refractivity contribution < 1.29 is 14.0 Å². The number of hydrogen-bond acceptors (Lipinski definition) is 6. The fraction of sp³-hybridized carbons (Fsp3) is 0.385. The number of ether oxygens (including phenoxy) is 2. The van der Waals surface area contributed by atoms with Crippen LogP contribution < -0.4 is 15.2 Å². The Balaban J connectivity index is 2.63. The number of hydrogen-bond donors (Lipinski definition) is 1. The van der Waals surface area contributed by atoms with Gasteiger partial charge < -0.3 is 19.7 Å². The second-order valence-corrected chi connectivity index (χ2v) is 4.14. The van der Waals surface area contributed by atoms with Crippen LogP contribution in [0.4, 0.5) is 0 Å². The zero-order valence-electron chi connectivity index (χ0n) is 11.5. The van der Waals surface area contributed by atoms with Gasteiger partial charge in [-0.25, -0.2) is 0 Å². The largest absolute Gasteiger partial charge is 0.493 e. The molecule has 6 nitrogen and oxygen atoms in total. The molecule has 1 aromatic carbocycles. The van der Waals surface area contributed by atoms with E-state index < -0.39 is 0 Å². The van der Waals surface area contributed by atoms with Crippen molar-refractivity contribution in [2.45, 2.75) is 20.4 Å². The van der Waals surface area contributed by atoms with E-state index in [0.29, 0.717) is 23.2 Å². The van der Waals surface area contributed by atoms with E-state index in [9.17, 15) is 0 Å². The standard InChI is InChI=1S/C13H17N3O3/c1-7-5-9(17-3)12(18-4)8(2)11(7)13-15-10(6-14)19-16-13/h5H,6,14H2,1-4H3. The van der Waals surface area contributed by atoms with E-state index in [2.05, 4.69) is 10.1 Å². The first-order valence-corrected chi connectivity index (χ1v) is 5.87. The zero-order chi connectivity index (χ0) is 14.0. The summed E-state index contributed by atoms with van der Waals surface area (Å²) in [6.07, 6.45) is 0. The van der Waals surface area contributed by atoms with Gasteiger partial charge in [0.2, 0.25) is 11.7 Å². The Bertz CT molecular complexity index is 593. The van der Waals surface area contributed by atoms with Crippen LogP contribution in [-0.2, 0) is 6.54 Å². The van der Waals surface area contributed by atoms with E-state index in [1.807, 2.05) is 19.9 Å². The first-order valence-electron chi connectivity index (χ1n) is 5.87. The second kappa shape index (κ2) is 5.27. The van der Waals surface area contributed by atoms with Gasteiger partial charge in [0.25, 0.3) is 0 Å². The number of aromatic nitrogens is 2. The Hall–Kier alpha value is -2.08. The van der Waals surface area contributed by atoms with E-state index in [4.69, 9.17) is 19.7 Å². The van der Waals surface area contributed by atoms with Gasteiger partial charge >= 0.3 is 0 Å². The third kappa shape index (κ3) is 2.26. The lowest BCUT2D eigenvalue weighted by Crippen LogP contribution is -1.99. The maximum atomic E-state index is 5.48. The molecule has 0 unspecified atom stereocenters. The molecule has 0 aliphatic heterocycles. The minimum atomic E-state index is 0.221. The minimum Gasteiger partial charge on any atom is -0.493 e. The molecule has 102 valence electrons. The SMILES string of the molecule is COc1cc(C)c(-c2noc(CN)n2)c(C)c1OC. The van der Waals surface area contributed by atoms with Crippen LogP contribution >= 0.6 is 0 Å². The molecule has 6 heteroatoms. The van der Waals surface area contributed by atoms with Gasteiger partial charge in [-0.1, -0.05) is 5.16 Å². The molecule has 0 spiro atoms. The van der Waals surface area contributed by atoms with Crippen LogP contribution in [0.25, 0.3) is 11.4 Å². The predicted octanol–water partition coefficient (Wildman–Crippen LogP) is 1.83. The van der Waals surface area contributed by atoms with E-state index in [-0.39, 0.29) is 6.54 Å². The smallest absolute Gasteiger partial charge is 0.240 e. The summed E-state index contributed by atoms with van der Waals surface area (Å²) >= 11 is 0. The van der Waals surface area contributed by atoms with Gasteiger partial charge in [0.15, 0.2) is 11.5 Å². The summed E-state index contributed by atoms with van der Waals surface area (Å²) in [7, 11) is 3.21. The number of nitrogens with two attached hydrogens (primary N) is 1. The summed E-state index contributed by atoms with van der Waals surface area (Å²) in [4.78, 5) is 4.25. The molecule has 0 bridgehead atoms. The van der Waals surface area contributed by atoms with E-state index in [1.165, 1.54) is 0 Å². The summed E-state index contributed by atoms with van der Waals surface area (Å²) in [6.45, 7) is 4.11. The molecule has 0 atom stereocenters. The number of nitrogens with zero attached hydrogens (tertiary/aromatic N) is 2. The maximum absolute atomic E-state index is 5.48. The summed E-state index contributed by atoms with van der Waals surface area (Å²) < 4.78 is 15.7. The molecule has 0 saturated heterocycles. The average molecular weight is 263 g/mol. The molecule has 0 fully saturated rings. The van der Waals surface area contributed by atoms with Crippen LogP contribution in [0, 0.1) is 13.8 Å². The highest BCUT2D eigenvalue weighted by Gasteiger charge is 2.19. The first kappa shape index (κ1) is 13.4. The van der Waals surface area contributed by atoms with Crippen molar-refractivity contribution in [3.8, 4) is 22.9 Å². The molecule has 1 heterocycles. The van der Waals surface area contributed by atoms with E-state index >= 15 is 0 Å². The lowest BCUT2D eigenvalue weighted by molar-refractivity contribution is 0.352. The Kier molecular flexibility index (Phi) is 3.71. The molecule has 0 aliphatic rings. The fourth-order valence-electron chi connectivity index (χ4n) is 2.12. The van der Waals surface area contributed by atoms with Crippen molar-refractivity contribution in [3.05, 3.63) is 23.1 Å². The van der Waals surface area contributed by atoms with Crippen molar-refractivity contribution in [2.75, 3.05) is 14.2 Å². The molecular formula is C13H17N3O3. The van der Waals surface area contributed by atoms with Gasteiger partial charge in [-0.05, 0) is 25.5 Å². The fourth-order valence-corrected chi connectivity index (χ4v) is 2.12. The Morgan fingerprint density at radius 3 is 2.53 bits per heavy atom. The maximum Gasteiger partial charge on any atom is 0.240 e. The molecule has 2 aromatic rings. The summed E-state index contributed by atoms with van der Waals surface area (Å²) in [6, 6.07) is 1.89. The van der Waals surface area contributed by atoms with E-state index in [0.717, 1.165) is 16.7 Å². The Morgan fingerprint density at radius 2 is 2.00 bits per heavy atom. The second-order valence-electron chi connectivity index (χ2n) is 4.14. The molecule has 0 radical (unpaired) electrons. The highest BCUT2D eigenvalue weighted by molar-refractivity contribution is 5.71. The van der Waals surface area contributed by atoms with Crippen molar-refractivity contribution in [1.29, 1.82) is 0 Å². The number of rotatable bonds is 4. The summed E-state index contributed by atoms with van der Waals surface area (Å²) in [5.74, 6) is 2.27. The lowest BCUT2D eigenvalue weighted by Gasteiger charge is -2.15. The molecule has 2 N–H and O–H groups in total. The molecule has 0 saturated carbocycles. The predicted molar refractivity (Wildman–Crippen MR) is 70.2 cm³/mol. The highest BCUT2D eigenvalue weighted by Crippen LogP contribution is 2.39. The van der Waals surface area contributed by atoms with Crippen molar-refractivity contribution >= 4 is 0 Å². The quantitative estimate of drug-likeness (QED) is 0.906. The monoisotopic (exact) mass is 263 g/mol. The minimum absolute atomic E-state index is 0.221. The van der Waals surface area contributed by atoms with Gasteiger partial charge in [-0.15, -0.1) is 0 Å². The van der Waals surface area contributed by atoms with Gasteiger partial charge in [0, 0.05) is 11.1 Å². The summed E-state index contributed by atoms with van der Waals surface area (Å²) in [5.41, 5.74) is 8.25. The zero-order valence-corrected chi connectivity index (χ0v) is 11.5. The van der Waals surface area contributed by atoms with Crippen molar-refractivity contribution in [2.24, 2.45) is 5.73 Å². The molecule has 0 amide bonds. The Morgan fingerprint density at radius 1 is 1.26 bits per heavy atom. The lowest BCUT2D eigenvalue weighted by atomic mass is 10.0. The van der Waals surface area contributed by atoms with Crippen molar-refractivity contribution in [3.63, 3.8) is 0 Å². The third-order valence-electron chi connectivity index (χ3n) is 2.97. The van der Waals surface area contributed by atoms with Crippen LogP contribution in [0.15, 0.2) is 10.6 Å². The van der Waals surface area contributed by atoms with Gasteiger partial charge in [-0.2, -0.15) is 4.98 Å². The van der Waals surface area contributed by atoms with Gasteiger partial charge in [-0.3, -0.25) is 0 Å². The highest BCUT2D eigenvalue weighted by atomic mass is 16.5. The van der Waals surface area contributed by atoms with E-state index in [1.54, 1.807) is 14.2 Å². The van der Waals surface area contributed by atoms with Crippen LogP contribution in [0.5, 0.6) is 11.5 Å². The van der Waals surface area contributed by atoms with Crippen molar-refractivity contribution in [1.82, 2.24) is 10.1 Å². The number of aryl methyl sites for hydroxylation is 1. The number of benzene rings is 1. The average Bonchev–Trinajstić information content (AvgIpc) is 2.86. The molecule has 1 aromatic heterocycles. The molecule has 0 aliphatic carbocycles. The number of methoxy groups -OCH3 is 2. The van der Waals surface area contributed by atoms with Gasteiger partial charge in [0.1, 0.15) is 0 Å². The van der Waals surface area contributed by atoms with Crippen LogP contribution in [0.2, 0.25) is 0 Å². The van der Waals surface area contributed by atoms with Crippen LogP contribution in [-0.4, -0.2) is 24.4 Å². The third-order valence-corrected chi connectivity index (χ3v) is 2.97. The molecule has 2 rings (SSSR count). The summed E-state index contributed by atoms with van der Waals surface area (Å²) in [5, 5.41) is 3.95. The topological polar surface area (TPSA) is 83.4 Å². The Labute approximate surface area is 111 Å². The molecule has 19 heavy (non-hydrogen) atoms. The normalized spacial score (nSPS) is 10.6. The van der Waals surface area contributed by atoms with Crippen LogP contribution in [0.3, 0.4) is 0 Å².